The standard InChI is InChI=1S/C11H16N4O2/c1-3-17-10-6-8(4-5-9(10)16-2)7-14-15-11(12)13/h4-7H,3H2,1-2H3,(H4,12,13,15). The Hall–Kier alpha value is -2.24. The van der Waals surface area contributed by atoms with Crippen molar-refractivity contribution in [3.63, 3.8) is 0 Å². The molecule has 4 N–H and O–H groups in total. The fourth-order valence-electron chi connectivity index (χ4n) is 1.20. The van der Waals surface area contributed by atoms with Crippen LogP contribution >= 0.6 is 0 Å². The summed E-state index contributed by atoms with van der Waals surface area (Å²) in [6.07, 6.45) is 1.53. The van der Waals surface area contributed by atoms with Gasteiger partial charge in [0.05, 0.1) is 19.9 Å². The summed E-state index contributed by atoms with van der Waals surface area (Å²) in [5.74, 6) is 1.24. The van der Waals surface area contributed by atoms with Crippen LogP contribution in [0.3, 0.4) is 0 Å². The van der Waals surface area contributed by atoms with E-state index in [1.54, 1.807) is 19.2 Å². The van der Waals surface area contributed by atoms with Gasteiger partial charge in [-0.3, -0.25) is 0 Å². The van der Waals surface area contributed by atoms with E-state index in [0.29, 0.717) is 18.1 Å². The lowest BCUT2D eigenvalue weighted by molar-refractivity contribution is 0.311. The Morgan fingerprint density at radius 3 is 2.71 bits per heavy atom. The molecule has 0 aromatic heterocycles. The molecule has 92 valence electrons. The first kappa shape index (κ1) is 12.8. The fraction of sp³-hybridized carbons (Fsp3) is 0.273. The molecule has 6 nitrogen and oxygen atoms in total. The van der Waals surface area contributed by atoms with Crippen LogP contribution in [0, 0.1) is 0 Å². The van der Waals surface area contributed by atoms with Gasteiger partial charge in [0.25, 0.3) is 0 Å². The maximum absolute atomic E-state index is 5.42. The van der Waals surface area contributed by atoms with Crippen LogP contribution in [0.4, 0.5) is 0 Å². The van der Waals surface area contributed by atoms with Crippen LogP contribution in [-0.2, 0) is 0 Å². The first-order valence-corrected chi connectivity index (χ1v) is 5.10. The zero-order valence-corrected chi connectivity index (χ0v) is 9.88. The Morgan fingerprint density at radius 1 is 1.35 bits per heavy atom. The summed E-state index contributed by atoms with van der Waals surface area (Å²) in [7, 11) is 1.59. The zero-order valence-electron chi connectivity index (χ0n) is 9.88. The first-order chi connectivity index (χ1) is 8.17. The monoisotopic (exact) mass is 236 g/mol. The molecule has 17 heavy (non-hydrogen) atoms. The van der Waals surface area contributed by atoms with Crippen molar-refractivity contribution in [1.29, 1.82) is 0 Å². The maximum atomic E-state index is 5.42. The highest BCUT2D eigenvalue weighted by Gasteiger charge is 2.03. The first-order valence-electron chi connectivity index (χ1n) is 5.10. The van der Waals surface area contributed by atoms with Crippen LogP contribution in [0.2, 0.25) is 0 Å². The van der Waals surface area contributed by atoms with Crippen molar-refractivity contribution in [2.45, 2.75) is 6.92 Å². The van der Waals surface area contributed by atoms with E-state index in [1.165, 1.54) is 6.21 Å². The lowest BCUT2D eigenvalue weighted by atomic mass is 10.2. The van der Waals surface area contributed by atoms with E-state index in [9.17, 15) is 0 Å². The number of ether oxygens (including phenoxy) is 2. The normalized spacial score (nSPS) is 10.2. The van der Waals surface area contributed by atoms with E-state index in [4.69, 9.17) is 20.9 Å². The molecule has 0 aliphatic rings. The van der Waals surface area contributed by atoms with Crippen molar-refractivity contribution in [3.8, 4) is 11.5 Å². The van der Waals surface area contributed by atoms with Gasteiger partial charge in [-0.2, -0.15) is 5.10 Å². The quantitative estimate of drug-likeness (QED) is 0.447. The van der Waals surface area contributed by atoms with Crippen molar-refractivity contribution in [3.05, 3.63) is 23.8 Å². The minimum Gasteiger partial charge on any atom is -0.493 e. The lowest BCUT2D eigenvalue weighted by Gasteiger charge is -2.09. The summed E-state index contributed by atoms with van der Waals surface area (Å²) in [6, 6.07) is 5.42. The van der Waals surface area contributed by atoms with Gasteiger partial charge < -0.3 is 20.9 Å². The van der Waals surface area contributed by atoms with Crippen LogP contribution in [0.1, 0.15) is 12.5 Å². The van der Waals surface area contributed by atoms with Crippen molar-refractivity contribution >= 4 is 12.2 Å². The molecule has 0 unspecified atom stereocenters. The van der Waals surface area contributed by atoms with Crippen molar-refractivity contribution in [2.24, 2.45) is 21.7 Å². The Bertz CT molecular complexity index is 425. The summed E-state index contributed by atoms with van der Waals surface area (Å²) in [5.41, 5.74) is 11.1. The average Bonchev–Trinajstić information content (AvgIpc) is 2.29. The summed E-state index contributed by atoms with van der Waals surface area (Å²) in [6.45, 7) is 2.46. The second kappa shape index (κ2) is 6.37. The molecule has 0 saturated heterocycles. The molecule has 1 rings (SSSR count). The Kier molecular flexibility index (Phi) is 4.80. The molecule has 0 fully saturated rings. The number of guanidine groups is 1. The maximum Gasteiger partial charge on any atom is 0.211 e. The summed E-state index contributed by atoms with van der Waals surface area (Å²) < 4.78 is 10.6. The topological polar surface area (TPSA) is 95.2 Å². The molecule has 1 aromatic rings. The third kappa shape index (κ3) is 4.02. The molecule has 0 amide bonds. The smallest absolute Gasteiger partial charge is 0.211 e. The molecule has 0 heterocycles. The molecule has 0 atom stereocenters. The fourth-order valence-corrected chi connectivity index (χ4v) is 1.20. The molecule has 0 spiro atoms. The Labute approximate surface area is 99.9 Å². The van der Waals surface area contributed by atoms with E-state index in [2.05, 4.69) is 10.2 Å². The van der Waals surface area contributed by atoms with Crippen LogP contribution in [-0.4, -0.2) is 25.9 Å². The van der Waals surface area contributed by atoms with Gasteiger partial charge >= 0.3 is 0 Å². The number of hydrogen-bond donors (Lipinski definition) is 2. The minimum atomic E-state index is -0.0835. The lowest BCUT2D eigenvalue weighted by Crippen LogP contribution is -2.21. The Balaban J connectivity index is 2.91. The van der Waals surface area contributed by atoms with Gasteiger partial charge in [0.2, 0.25) is 5.96 Å². The number of rotatable bonds is 5. The molecule has 0 bridgehead atoms. The van der Waals surface area contributed by atoms with Gasteiger partial charge in [-0.25, -0.2) is 0 Å². The largest absolute Gasteiger partial charge is 0.493 e. The van der Waals surface area contributed by atoms with Gasteiger partial charge in [-0.05, 0) is 30.7 Å². The molecule has 1 aromatic carbocycles. The number of nitrogens with two attached hydrogens (primary N) is 2. The molecule has 0 aliphatic carbocycles. The third-order valence-electron chi connectivity index (χ3n) is 1.87. The number of nitrogens with zero attached hydrogens (tertiary/aromatic N) is 2. The van der Waals surface area contributed by atoms with Gasteiger partial charge in [0.1, 0.15) is 0 Å². The van der Waals surface area contributed by atoms with Crippen LogP contribution < -0.4 is 20.9 Å². The van der Waals surface area contributed by atoms with E-state index in [1.807, 2.05) is 13.0 Å². The van der Waals surface area contributed by atoms with Crippen molar-refractivity contribution in [2.75, 3.05) is 13.7 Å². The summed E-state index contributed by atoms with van der Waals surface area (Å²) in [4.78, 5) is 0. The van der Waals surface area contributed by atoms with Gasteiger partial charge in [0, 0.05) is 0 Å². The van der Waals surface area contributed by atoms with Crippen LogP contribution in [0.25, 0.3) is 0 Å². The van der Waals surface area contributed by atoms with E-state index >= 15 is 0 Å². The van der Waals surface area contributed by atoms with Crippen LogP contribution in [0.15, 0.2) is 28.4 Å². The van der Waals surface area contributed by atoms with Crippen molar-refractivity contribution < 1.29 is 9.47 Å². The minimum absolute atomic E-state index is 0.0835. The van der Waals surface area contributed by atoms with E-state index in [-0.39, 0.29) is 5.96 Å². The van der Waals surface area contributed by atoms with Gasteiger partial charge in [-0.15, -0.1) is 5.10 Å². The predicted octanol–water partition coefficient (Wildman–Crippen LogP) is 0.701. The Morgan fingerprint density at radius 2 is 2.12 bits per heavy atom. The van der Waals surface area contributed by atoms with Crippen molar-refractivity contribution in [1.82, 2.24) is 0 Å². The number of methoxy groups -OCH3 is 1. The molecule has 0 radical (unpaired) electrons. The second-order valence-electron chi connectivity index (χ2n) is 3.11. The summed E-state index contributed by atoms with van der Waals surface area (Å²) >= 11 is 0. The zero-order chi connectivity index (χ0) is 12.7. The highest BCUT2D eigenvalue weighted by Crippen LogP contribution is 2.27. The van der Waals surface area contributed by atoms with Crippen LogP contribution in [0.5, 0.6) is 11.5 Å². The molecule has 0 aliphatic heterocycles. The average molecular weight is 236 g/mol. The molecular formula is C11H16N4O2. The predicted molar refractivity (Wildman–Crippen MR) is 67.6 cm³/mol. The number of benzene rings is 1. The van der Waals surface area contributed by atoms with Gasteiger partial charge in [0.15, 0.2) is 11.5 Å². The number of hydrogen-bond acceptors (Lipinski definition) is 4. The summed E-state index contributed by atoms with van der Waals surface area (Å²) in [5, 5.41) is 7.22. The molecule has 0 saturated carbocycles. The third-order valence-corrected chi connectivity index (χ3v) is 1.87. The SMILES string of the molecule is CCOc1cc(C=NN=C(N)N)ccc1OC. The highest BCUT2D eigenvalue weighted by molar-refractivity contribution is 5.82. The highest BCUT2D eigenvalue weighted by atomic mass is 16.5. The second-order valence-corrected chi connectivity index (χ2v) is 3.11. The molecule has 6 heteroatoms. The van der Waals surface area contributed by atoms with E-state index < -0.39 is 0 Å². The van der Waals surface area contributed by atoms with E-state index in [0.717, 1.165) is 5.56 Å². The molecular weight excluding hydrogens is 220 g/mol. The van der Waals surface area contributed by atoms with Gasteiger partial charge in [-0.1, -0.05) is 0 Å².